The van der Waals surface area contributed by atoms with Crippen molar-refractivity contribution >= 4 is 15.9 Å². The van der Waals surface area contributed by atoms with Crippen molar-refractivity contribution in [2.75, 3.05) is 20.1 Å². The molecule has 0 bridgehead atoms. The molecule has 0 radical (unpaired) electrons. The minimum atomic E-state index is -0.537. The van der Waals surface area contributed by atoms with Gasteiger partial charge in [0.1, 0.15) is 11.6 Å². The molecule has 20 heavy (non-hydrogen) atoms. The Morgan fingerprint density at radius 2 is 1.80 bits per heavy atom. The van der Waals surface area contributed by atoms with Crippen molar-refractivity contribution < 1.29 is 8.78 Å². The lowest BCUT2D eigenvalue weighted by Crippen LogP contribution is -2.52. The van der Waals surface area contributed by atoms with Gasteiger partial charge in [-0.2, -0.15) is 0 Å². The van der Waals surface area contributed by atoms with Crippen molar-refractivity contribution in [1.82, 2.24) is 10.2 Å². The molecule has 1 aromatic rings. The average molecular weight is 349 g/mol. The molecule has 1 unspecified atom stereocenters. The molecule has 0 spiro atoms. The Hall–Kier alpha value is -0.520. The molecule has 114 valence electrons. The third kappa shape index (κ3) is 3.21. The van der Waals surface area contributed by atoms with Crippen LogP contribution < -0.4 is 5.32 Å². The molecule has 0 amide bonds. The van der Waals surface area contributed by atoms with Crippen molar-refractivity contribution in [3.05, 3.63) is 33.8 Å². The van der Waals surface area contributed by atoms with Gasteiger partial charge in [-0.3, -0.25) is 4.90 Å². The lowest BCUT2D eigenvalue weighted by Gasteiger charge is -2.43. The Kier molecular flexibility index (Phi) is 6.10. The van der Waals surface area contributed by atoms with E-state index >= 15 is 0 Å². The summed E-state index contributed by atoms with van der Waals surface area (Å²) in [5.41, 5.74) is -0.334. The number of halogens is 3. The molecule has 1 N–H and O–H groups in total. The zero-order valence-electron chi connectivity index (χ0n) is 12.7. The summed E-state index contributed by atoms with van der Waals surface area (Å²) in [6.45, 7) is 9.73. The summed E-state index contributed by atoms with van der Waals surface area (Å²) in [5, 5.41) is 3.07. The molecule has 1 rings (SSSR count). The van der Waals surface area contributed by atoms with E-state index in [0.717, 1.165) is 13.1 Å². The molecular formula is C15H23BrF2N2. The first-order chi connectivity index (χ1) is 9.31. The van der Waals surface area contributed by atoms with Crippen molar-refractivity contribution in [1.29, 1.82) is 0 Å². The van der Waals surface area contributed by atoms with Crippen LogP contribution in [0.15, 0.2) is 16.6 Å². The second-order valence-corrected chi connectivity index (χ2v) is 6.16. The van der Waals surface area contributed by atoms with E-state index in [4.69, 9.17) is 0 Å². The number of hydrogen-bond acceptors (Lipinski definition) is 2. The smallest absolute Gasteiger partial charge is 0.145 e. The van der Waals surface area contributed by atoms with Crippen molar-refractivity contribution in [3.8, 4) is 0 Å². The molecule has 1 aromatic carbocycles. The zero-order chi connectivity index (χ0) is 15.5. The van der Waals surface area contributed by atoms with E-state index in [0.29, 0.717) is 0 Å². The molecule has 2 nitrogen and oxygen atoms in total. The first kappa shape index (κ1) is 17.5. The highest BCUT2D eigenvalue weighted by Gasteiger charge is 2.37. The van der Waals surface area contributed by atoms with Gasteiger partial charge in [0.25, 0.3) is 0 Å². The Balaban J connectivity index is 3.36. The molecule has 1 atom stereocenters. The minimum absolute atomic E-state index is 0.0822. The summed E-state index contributed by atoms with van der Waals surface area (Å²) < 4.78 is 28.8. The number of likely N-dealkylation sites (N-methyl/N-ethyl adjacent to an activating group) is 2. The maximum Gasteiger partial charge on any atom is 0.145 e. The maximum absolute atomic E-state index is 14.4. The van der Waals surface area contributed by atoms with Gasteiger partial charge in [0.05, 0.1) is 10.5 Å². The summed E-state index contributed by atoms with van der Waals surface area (Å²) in [4.78, 5) is 2.19. The van der Waals surface area contributed by atoms with Crippen LogP contribution in [0.25, 0.3) is 0 Å². The summed E-state index contributed by atoms with van der Waals surface area (Å²) >= 11 is 3.13. The number of rotatable bonds is 6. The fourth-order valence-electron chi connectivity index (χ4n) is 2.88. The predicted octanol–water partition coefficient (Wildman–Crippen LogP) is 4.11. The third-order valence-corrected chi connectivity index (χ3v) is 4.55. The second kappa shape index (κ2) is 6.96. The molecule has 0 aliphatic heterocycles. The Bertz CT molecular complexity index is 459. The summed E-state index contributed by atoms with van der Waals surface area (Å²) in [5.74, 6) is -1.06. The van der Waals surface area contributed by atoms with E-state index in [1.807, 2.05) is 27.7 Å². The van der Waals surface area contributed by atoms with Gasteiger partial charge >= 0.3 is 0 Å². The van der Waals surface area contributed by atoms with E-state index in [1.54, 1.807) is 7.05 Å². The van der Waals surface area contributed by atoms with Gasteiger partial charge < -0.3 is 5.32 Å². The Labute approximate surface area is 128 Å². The van der Waals surface area contributed by atoms with Crippen LogP contribution >= 0.6 is 15.9 Å². The molecule has 0 saturated heterocycles. The van der Waals surface area contributed by atoms with Gasteiger partial charge in [-0.15, -0.1) is 0 Å². The summed E-state index contributed by atoms with van der Waals surface area (Å²) in [6, 6.07) is 2.25. The van der Waals surface area contributed by atoms with Crippen LogP contribution in [-0.4, -0.2) is 30.6 Å². The van der Waals surface area contributed by atoms with Gasteiger partial charge in [0.15, 0.2) is 0 Å². The van der Waals surface area contributed by atoms with Crippen LogP contribution in [-0.2, 0) is 0 Å². The fourth-order valence-corrected chi connectivity index (χ4v) is 3.23. The van der Waals surface area contributed by atoms with Crippen LogP contribution in [0.2, 0.25) is 0 Å². The van der Waals surface area contributed by atoms with Crippen LogP contribution in [0.4, 0.5) is 8.78 Å². The standard InChI is InChI=1S/C15H23BrF2N2/c1-6-20(7-2)15(3,4)14(19-5)12-11(17)9-8-10(16)13(12)18/h8-9,14,19H,6-7H2,1-5H3. The molecule has 0 aliphatic rings. The molecule has 0 aromatic heterocycles. The van der Waals surface area contributed by atoms with E-state index in [1.165, 1.54) is 12.1 Å². The predicted molar refractivity (Wildman–Crippen MR) is 82.9 cm³/mol. The SMILES string of the molecule is CCN(CC)C(C)(C)C(NC)c1c(F)ccc(Br)c1F. The van der Waals surface area contributed by atoms with Gasteiger partial charge in [-0.1, -0.05) is 13.8 Å². The Morgan fingerprint density at radius 1 is 1.25 bits per heavy atom. The lowest BCUT2D eigenvalue weighted by molar-refractivity contribution is 0.0912. The third-order valence-electron chi connectivity index (χ3n) is 3.94. The minimum Gasteiger partial charge on any atom is -0.311 e. The van der Waals surface area contributed by atoms with Crippen molar-refractivity contribution in [2.45, 2.75) is 39.3 Å². The monoisotopic (exact) mass is 348 g/mol. The average Bonchev–Trinajstić information content (AvgIpc) is 2.40. The van der Waals surface area contributed by atoms with E-state index in [9.17, 15) is 8.78 Å². The molecule has 0 heterocycles. The quantitative estimate of drug-likeness (QED) is 0.778. The number of hydrogen-bond donors (Lipinski definition) is 1. The van der Waals surface area contributed by atoms with E-state index < -0.39 is 23.2 Å². The fraction of sp³-hybridized carbons (Fsp3) is 0.600. The van der Waals surface area contributed by atoms with Crippen LogP contribution in [0.5, 0.6) is 0 Å². The highest BCUT2D eigenvalue weighted by atomic mass is 79.9. The molecule has 0 aliphatic carbocycles. The lowest BCUT2D eigenvalue weighted by atomic mass is 9.86. The number of nitrogens with one attached hydrogen (secondary N) is 1. The normalized spacial score (nSPS) is 13.8. The van der Waals surface area contributed by atoms with E-state index in [2.05, 4.69) is 26.1 Å². The topological polar surface area (TPSA) is 15.3 Å². The summed E-state index contributed by atoms with van der Waals surface area (Å²) in [7, 11) is 1.73. The van der Waals surface area contributed by atoms with Crippen molar-refractivity contribution in [3.63, 3.8) is 0 Å². The highest BCUT2D eigenvalue weighted by Crippen LogP contribution is 2.35. The molecule has 0 fully saturated rings. The van der Waals surface area contributed by atoms with Crippen LogP contribution in [0.3, 0.4) is 0 Å². The molecule has 0 saturated carbocycles. The van der Waals surface area contributed by atoms with Gasteiger partial charge in [0, 0.05) is 11.1 Å². The molecule has 5 heteroatoms. The zero-order valence-corrected chi connectivity index (χ0v) is 14.3. The first-order valence-electron chi connectivity index (χ1n) is 6.86. The first-order valence-corrected chi connectivity index (χ1v) is 7.66. The Morgan fingerprint density at radius 3 is 2.25 bits per heavy atom. The maximum atomic E-state index is 14.4. The van der Waals surface area contributed by atoms with Crippen molar-refractivity contribution in [2.24, 2.45) is 0 Å². The van der Waals surface area contributed by atoms with Crippen LogP contribution in [0, 0.1) is 11.6 Å². The van der Waals surface area contributed by atoms with Gasteiger partial charge in [0.2, 0.25) is 0 Å². The van der Waals surface area contributed by atoms with E-state index in [-0.39, 0.29) is 10.0 Å². The van der Waals surface area contributed by atoms with Crippen LogP contribution in [0.1, 0.15) is 39.3 Å². The number of nitrogens with zero attached hydrogens (tertiary/aromatic N) is 1. The highest BCUT2D eigenvalue weighted by molar-refractivity contribution is 9.10. The number of benzene rings is 1. The largest absolute Gasteiger partial charge is 0.311 e. The molecular weight excluding hydrogens is 326 g/mol. The summed E-state index contributed by atoms with van der Waals surface area (Å²) in [6.07, 6.45) is 0. The van der Waals surface area contributed by atoms with Gasteiger partial charge in [-0.25, -0.2) is 8.78 Å². The van der Waals surface area contributed by atoms with Gasteiger partial charge in [-0.05, 0) is 62.0 Å². The second-order valence-electron chi connectivity index (χ2n) is 5.30.